The zero-order valence-corrected chi connectivity index (χ0v) is 14.7. The second kappa shape index (κ2) is 8.98. The Kier molecular flexibility index (Phi) is 8.45. The minimum absolute atomic E-state index is 0. The summed E-state index contributed by atoms with van der Waals surface area (Å²) >= 11 is 5.95. The highest BCUT2D eigenvalue weighted by Gasteiger charge is 2.20. The molecule has 0 heterocycles. The van der Waals surface area contributed by atoms with Gasteiger partial charge < -0.3 is 16.4 Å². The first kappa shape index (κ1) is 20.7. The van der Waals surface area contributed by atoms with E-state index in [0.29, 0.717) is 16.3 Å². The second-order valence-electron chi connectivity index (χ2n) is 5.46. The fraction of sp³-hybridized carbons (Fsp3) is 0.467. The maximum atomic E-state index is 12.1. The summed E-state index contributed by atoms with van der Waals surface area (Å²) in [6.07, 6.45) is 0. The zero-order chi connectivity index (χ0) is 16.2. The quantitative estimate of drug-likeness (QED) is 0.765. The van der Waals surface area contributed by atoms with Crippen LogP contribution in [0.3, 0.4) is 0 Å². The molecule has 0 aromatic heterocycles. The number of benzene rings is 1. The summed E-state index contributed by atoms with van der Waals surface area (Å²) < 4.78 is 0. The third-order valence-electron chi connectivity index (χ3n) is 3.11. The van der Waals surface area contributed by atoms with E-state index in [9.17, 15) is 9.59 Å². The van der Waals surface area contributed by atoms with Crippen LogP contribution in [0, 0.1) is 5.92 Å². The summed E-state index contributed by atoms with van der Waals surface area (Å²) in [5.74, 6) is -0.874. The molecule has 2 amide bonds. The molecule has 2 unspecified atom stereocenters. The van der Waals surface area contributed by atoms with Crippen molar-refractivity contribution in [1.29, 1.82) is 0 Å². The largest absolute Gasteiger partial charge is 0.350 e. The molecule has 0 fully saturated rings. The van der Waals surface area contributed by atoms with Gasteiger partial charge in [-0.25, -0.2) is 0 Å². The lowest BCUT2D eigenvalue weighted by molar-refractivity contribution is -0.119. The van der Waals surface area contributed by atoms with Crippen LogP contribution in [0.25, 0.3) is 0 Å². The first-order valence-corrected chi connectivity index (χ1v) is 7.27. The second-order valence-corrected chi connectivity index (χ2v) is 5.89. The van der Waals surface area contributed by atoms with Gasteiger partial charge in [0.25, 0.3) is 5.91 Å². The predicted molar refractivity (Wildman–Crippen MR) is 92.7 cm³/mol. The van der Waals surface area contributed by atoms with Gasteiger partial charge in [-0.2, -0.15) is 0 Å². The SMILES string of the molecule is CC(C)NC(=O)c1ccc(Cl)cc1NC(=O)C(C)C(C)N.Cl. The molecular formula is C15H23Cl2N3O2. The Bertz CT molecular complexity index is 534. The van der Waals surface area contributed by atoms with Crippen LogP contribution in [0.1, 0.15) is 38.1 Å². The summed E-state index contributed by atoms with van der Waals surface area (Å²) in [7, 11) is 0. The van der Waals surface area contributed by atoms with Crippen LogP contribution in [-0.2, 0) is 4.79 Å². The third-order valence-corrected chi connectivity index (χ3v) is 3.34. The molecule has 0 aliphatic heterocycles. The van der Waals surface area contributed by atoms with E-state index in [0.717, 1.165) is 0 Å². The minimum Gasteiger partial charge on any atom is -0.350 e. The predicted octanol–water partition coefficient (Wildman–Crippen LogP) is 2.82. The molecule has 5 nitrogen and oxygen atoms in total. The topological polar surface area (TPSA) is 84.2 Å². The molecule has 0 saturated carbocycles. The number of carbonyl (C=O) groups is 2. The molecule has 0 spiro atoms. The zero-order valence-electron chi connectivity index (χ0n) is 13.1. The van der Waals surface area contributed by atoms with E-state index in [1.165, 1.54) is 0 Å². The number of amides is 2. The van der Waals surface area contributed by atoms with Crippen LogP contribution in [0.15, 0.2) is 18.2 Å². The highest BCUT2D eigenvalue weighted by Crippen LogP contribution is 2.22. The highest BCUT2D eigenvalue weighted by atomic mass is 35.5. The van der Waals surface area contributed by atoms with E-state index >= 15 is 0 Å². The molecule has 0 aliphatic carbocycles. The van der Waals surface area contributed by atoms with E-state index in [4.69, 9.17) is 17.3 Å². The lowest BCUT2D eigenvalue weighted by Gasteiger charge is -2.18. The van der Waals surface area contributed by atoms with E-state index in [-0.39, 0.29) is 42.2 Å². The van der Waals surface area contributed by atoms with Crippen LogP contribution < -0.4 is 16.4 Å². The molecule has 124 valence electrons. The van der Waals surface area contributed by atoms with Crippen molar-refractivity contribution in [1.82, 2.24) is 5.32 Å². The molecular weight excluding hydrogens is 325 g/mol. The van der Waals surface area contributed by atoms with Gasteiger partial charge >= 0.3 is 0 Å². The Morgan fingerprint density at radius 1 is 1.18 bits per heavy atom. The normalized spacial score (nSPS) is 13.0. The molecule has 2 atom stereocenters. The van der Waals surface area contributed by atoms with Crippen molar-refractivity contribution >= 4 is 41.5 Å². The van der Waals surface area contributed by atoms with Gasteiger partial charge in [-0.15, -0.1) is 12.4 Å². The van der Waals surface area contributed by atoms with Crippen molar-refractivity contribution < 1.29 is 9.59 Å². The van der Waals surface area contributed by atoms with Crippen LogP contribution in [0.4, 0.5) is 5.69 Å². The number of rotatable bonds is 5. The Labute approximate surface area is 142 Å². The molecule has 0 saturated heterocycles. The molecule has 1 rings (SSSR count). The maximum Gasteiger partial charge on any atom is 0.253 e. The Hall–Kier alpha value is -1.30. The van der Waals surface area contributed by atoms with Crippen molar-refractivity contribution in [2.45, 2.75) is 39.8 Å². The van der Waals surface area contributed by atoms with Gasteiger partial charge in [0.15, 0.2) is 0 Å². The number of carbonyl (C=O) groups excluding carboxylic acids is 2. The number of nitrogens with two attached hydrogens (primary N) is 1. The first-order chi connectivity index (χ1) is 9.72. The van der Waals surface area contributed by atoms with E-state index < -0.39 is 0 Å². The lowest BCUT2D eigenvalue weighted by Crippen LogP contribution is -2.35. The van der Waals surface area contributed by atoms with E-state index in [1.807, 2.05) is 13.8 Å². The molecule has 0 bridgehead atoms. The minimum atomic E-state index is -0.370. The standard InChI is InChI=1S/C15H22ClN3O2.ClH/c1-8(2)18-15(21)12-6-5-11(16)7-13(12)19-14(20)9(3)10(4)17;/h5-10H,17H2,1-4H3,(H,18,21)(H,19,20);1H. The van der Waals surface area contributed by atoms with Crippen molar-refractivity contribution in [3.05, 3.63) is 28.8 Å². The first-order valence-electron chi connectivity index (χ1n) is 6.89. The Morgan fingerprint density at radius 3 is 2.27 bits per heavy atom. The summed E-state index contributed by atoms with van der Waals surface area (Å²) in [5, 5.41) is 5.95. The molecule has 1 aromatic carbocycles. The molecule has 4 N–H and O–H groups in total. The van der Waals surface area contributed by atoms with Crippen molar-refractivity contribution in [2.75, 3.05) is 5.32 Å². The molecule has 7 heteroatoms. The van der Waals surface area contributed by atoms with E-state index in [2.05, 4.69) is 10.6 Å². The average molecular weight is 348 g/mol. The monoisotopic (exact) mass is 347 g/mol. The molecule has 0 radical (unpaired) electrons. The van der Waals surface area contributed by atoms with Crippen LogP contribution in [-0.4, -0.2) is 23.9 Å². The van der Waals surface area contributed by atoms with Crippen LogP contribution in [0.2, 0.25) is 5.02 Å². The number of anilines is 1. The summed E-state index contributed by atoms with van der Waals surface area (Å²) in [4.78, 5) is 24.2. The van der Waals surface area contributed by atoms with Crippen molar-refractivity contribution in [3.63, 3.8) is 0 Å². The van der Waals surface area contributed by atoms with Gasteiger partial charge in [0, 0.05) is 17.1 Å². The van der Waals surface area contributed by atoms with Gasteiger partial charge in [0.1, 0.15) is 0 Å². The van der Waals surface area contributed by atoms with E-state index in [1.54, 1.807) is 32.0 Å². The van der Waals surface area contributed by atoms with Gasteiger partial charge in [-0.05, 0) is 39.0 Å². The average Bonchev–Trinajstić information content (AvgIpc) is 2.36. The fourth-order valence-corrected chi connectivity index (χ4v) is 1.82. The number of hydrogen-bond donors (Lipinski definition) is 3. The highest BCUT2D eigenvalue weighted by molar-refractivity contribution is 6.31. The number of hydrogen-bond acceptors (Lipinski definition) is 3. The third kappa shape index (κ3) is 5.83. The molecule has 0 aliphatic rings. The summed E-state index contributed by atoms with van der Waals surface area (Å²) in [6.45, 7) is 7.22. The Balaban J connectivity index is 0.00000441. The molecule has 22 heavy (non-hydrogen) atoms. The smallest absolute Gasteiger partial charge is 0.253 e. The fourth-order valence-electron chi connectivity index (χ4n) is 1.64. The lowest BCUT2D eigenvalue weighted by atomic mass is 10.0. The summed E-state index contributed by atoms with van der Waals surface area (Å²) in [5.41, 5.74) is 6.48. The Morgan fingerprint density at radius 2 is 1.77 bits per heavy atom. The van der Waals surface area contributed by atoms with Crippen molar-refractivity contribution in [2.24, 2.45) is 11.7 Å². The van der Waals surface area contributed by atoms with Gasteiger partial charge in [0.2, 0.25) is 5.91 Å². The number of nitrogens with one attached hydrogen (secondary N) is 2. The van der Waals surface area contributed by atoms with Gasteiger partial charge in [-0.1, -0.05) is 18.5 Å². The van der Waals surface area contributed by atoms with Gasteiger partial charge in [-0.3, -0.25) is 9.59 Å². The van der Waals surface area contributed by atoms with Gasteiger partial charge in [0.05, 0.1) is 17.2 Å². The summed E-state index contributed by atoms with van der Waals surface area (Å²) in [6, 6.07) is 4.48. The van der Waals surface area contributed by atoms with Crippen LogP contribution in [0.5, 0.6) is 0 Å². The van der Waals surface area contributed by atoms with Crippen molar-refractivity contribution in [3.8, 4) is 0 Å². The van der Waals surface area contributed by atoms with Crippen LogP contribution >= 0.6 is 24.0 Å². The maximum absolute atomic E-state index is 12.1. The number of halogens is 2. The molecule has 1 aromatic rings.